The topological polar surface area (TPSA) is 65.7 Å². The predicted octanol–water partition coefficient (Wildman–Crippen LogP) is 4.85. The van der Waals surface area contributed by atoms with Crippen LogP contribution in [-0.4, -0.2) is 25.0 Å². The zero-order valence-corrected chi connectivity index (χ0v) is 16.7. The molecule has 144 valence electrons. The van der Waals surface area contributed by atoms with E-state index in [4.69, 9.17) is 12.2 Å². The van der Waals surface area contributed by atoms with Crippen molar-refractivity contribution in [2.75, 3.05) is 4.90 Å². The fraction of sp³-hybridized carbons (Fsp3) is 0. The van der Waals surface area contributed by atoms with Gasteiger partial charge in [-0.05, 0) is 23.8 Å². The van der Waals surface area contributed by atoms with E-state index in [2.05, 4.69) is 0 Å². The van der Waals surface area contributed by atoms with E-state index in [0.29, 0.717) is 10.6 Å². The van der Waals surface area contributed by atoms with Crippen molar-refractivity contribution in [3.05, 3.63) is 89.4 Å². The summed E-state index contributed by atoms with van der Waals surface area (Å²) in [5.74, 6) is -0.796. The van der Waals surface area contributed by atoms with Gasteiger partial charge in [0.05, 0.1) is 10.6 Å². The fourth-order valence-corrected chi connectivity index (χ4v) is 4.21. The van der Waals surface area contributed by atoms with Crippen LogP contribution in [0.25, 0.3) is 11.8 Å². The lowest BCUT2D eigenvalue weighted by Crippen LogP contribution is -2.27. The summed E-state index contributed by atoms with van der Waals surface area (Å²) in [6, 6.07) is 19.9. The third kappa shape index (κ3) is 3.70. The number of anilines is 1. The number of para-hydroxylation sites is 1. The summed E-state index contributed by atoms with van der Waals surface area (Å²) in [6.07, 6.45) is 5.37. The molecule has 1 aliphatic heterocycles. The normalized spacial score (nSPS) is 15.7. The Balaban J connectivity index is 1.63. The number of hydrogen-bond acceptors (Lipinski definition) is 5. The van der Waals surface area contributed by atoms with Gasteiger partial charge >= 0.3 is 0 Å². The lowest BCUT2D eigenvalue weighted by Gasteiger charge is -2.13. The Morgan fingerprint density at radius 1 is 0.966 bits per heavy atom. The highest BCUT2D eigenvalue weighted by atomic mass is 32.2. The molecule has 1 fully saturated rings. The molecule has 0 bridgehead atoms. The minimum absolute atomic E-state index is 0.143. The smallest absolute Gasteiger partial charge is 0.270 e. The summed E-state index contributed by atoms with van der Waals surface area (Å²) in [7, 11) is 0. The largest absolute Gasteiger partial charge is 0.494 e. The Bertz CT molecular complexity index is 1140. The van der Waals surface area contributed by atoms with Crippen LogP contribution in [0.1, 0.15) is 5.56 Å². The third-order valence-electron chi connectivity index (χ3n) is 4.32. The molecule has 1 aliphatic rings. The third-order valence-corrected chi connectivity index (χ3v) is 5.64. The first-order chi connectivity index (χ1) is 14.1. The van der Waals surface area contributed by atoms with Gasteiger partial charge in [0, 0.05) is 6.07 Å². The number of rotatable bonds is 4. The van der Waals surface area contributed by atoms with Crippen LogP contribution in [-0.2, 0) is 4.79 Å². The summed E-state index contributed by atoms with van der Waals surface area (Å²) in [4.78, 5) is 14.6. The minimum Gasteiger partial charge on any atom is -0.494 e. The Hall–Kier alpha value is -3.29. The molecule has 0 unspecified atom stereocenters. The first-order valence-corrected chi connectivity index (χ1v) is 9.97. The van der Waals surface area contributed by atoms with Crippen molar-refractivity contribution < 1.29 is 15.0 Å². The fourth-order valence-electron chi connectivity index (χ4n) is 2.97. The van der Waals surface area contributed by atoms with Gasteiger partial charge in [-0.15, -0.1) is 0 Å². The highest BCUT2D eigenvalue weighted by molar-refractivity contribution is 8.27. The molecule has 0 radical (unpaired) electrons. The number of allylic oxidation sites excluding steroid dienone is 2. The number of hydrogen-bond donors (Lipinski definition) is 2. The zero-order chi connectivity index (χ0) is 20.4. The molecule has 5 nitrogen and oxygen atoms in total. The second-order valence-electron chi connectivity index (χ2n) is 6.19. The van der Waals surface area contributed by atoms with Gasteiger partial charge in [-0.25, -0.2) is 4.57 Å². The number of thiocarbonyl (C=S) groups is 1. The molecule has 2 aromatic carbocycles. The molecule has 0 atom stereocenters. The van der Waals surface area contributed by atoms with Crippen LogP contribution in [0.3, 0.4) is 0 Å². The van der Waals surface area contributed by atoms with Crippen molar-refractivity contribution in [3.8, 4) is 17.4 Å². The molecule has 29 heavy (non-hydrogen) atoms. The second kappa shape index (κ2) is 7.98. The summed E-state index contributed by atoms with van der Waals surface area (Å²) >= 11 is 6.50. The Morgan fingerprint density at radius 2 is 1.62 bits per heavy atom. The molecule has 0 spiro atoms. The van der Waals surface area contributed by atoms with Crippen LogP contribution >= 0.6 is 24.0 Å². The van der Waals surface area contributed by atoms with Crippen molar-refractivity contribution in [2.45, 2.75) is 0 Å². The van der Waals surface area contributed by atoms with E-state index in [1.807, 2.05) is 42.5 Å². The maximum atomic E-state index is 12.9. The molecule has 2 N–H and O–H groups in total. The van der Waals surface area contributed by atoms with Crippen molar-refractivity contribution in [1.82, 2.24) is 4.57 Å². The molecule has 1 saturated heterocycles. The van der Waals surface area contributed by atoms with Gasteiger partial charge in [0.1, 0.15) is 5.69 Å². The van der Waals surface area contributed by atoms with Crippen LogP contribution in [0.5, 0.6) is 11.8 Å². The van der Waals surface area contributed by atoms with Crippen molar-refractivity contribution in [3.63, 3.8) is 0 Å². The average Bonchev–Trinajstić information content (AvgIpc) is 3.17. The lowest BCUT2D eigenvalue weighted by molar-refractivity contribution is -0.113. The van der Waals surface area contributed by atoms with E-state index < -0.39 is 0 Å². The van der Waals surface area contributed by atoms with Gasteiger partial charge < -0.3 is 10.2 Å². The van der Waals surface area contributed by atoms with Gasteiger partial charge in [0.15, 0.2) is 4.32 Å². The molecule has 4 rings (SSSR count). The molecular weight excluding hydrogens is 404 g/mol. The standard InChI is InChI=1S/C22H16N2O3S2/c25-19-14-17(20(26)23(19)16-11-5-2-6-12-16)24-21(27)18(29-22(24)28)13-7-10-15-8-3-1-4-9-15/h1-14,25-26H/b10-7+,18-13-. The molecule has 1 amide bonds. The zero-order valence-electron chi connectivity index (χ0n) is 15.1. The highest BCUT2D eigenvalue weighted by Crippen LogP contribution is 2.43. The van der Waals surface area contributed by atoms with Gasteiger partial charge in [-0.1, -0.05) is 84.7 Å². The number of aromatic nitrogens is 1. The van der Waals surface area contributed by atoms with E-state index in [1.54, 1.807) is 36.4 Å². The molecule has 0 aliphatic carbocycles. The van der Waals surface area contributed by atoms with Crippen LogP contribution in [0.15, 0.2) is 83.8 Å². The predicted molar refractivity (Wildman–Crippen MR) is 120 cm³/mol. The summed E-state index contributed by atoms with van der Waals surface area (Å²) in [6.45, 7) is 0. The number of thioether (sulfide) groups is 1. The average molecular weight is 421 g/mol. The Morgan fingerprint density at radius 3 is 2.31 bits per heavy atom. The number of aromatic hydroxyl groups is 2. The van der Waals surface area contributed by atoms with E-state index in [0.717, 1.165) is 17.3 Å². The maximum absolute atomic E-state index is 12.9. The van der Waals surface area contributed by atoms with Crippen molar-refractivity contribution in [1.29, 1.82) is 0 Å². The van der Waals surface area contributed by atoms with E-state index >= 15 is 0 Å². The molecule has 1 aromatic heterocycles. The summed E-state index contributed by atoms with van der Waals surface area (Å²) in [5.41, 5.74) is 1.73. The van der Waals surface area contributed by atoms with E-state index in [1.165, 1.54) is 15.5 Å². The first-order valence-electron chi connectivity index (χ1n) is 8.75. The van der Waals surface area contributed by atoms with Crippen LogP contribution in [0.4, 0.5) is 5.69 Å². The number of benzene rings is 2. The maximum Gasteiger partial charge on any atom is 0.270 e. The molecular formula is C22H16N2O3S2. The lowest BCUT2D eigenvalue weighted by atomic mass is 10.2. The number of nitrogens with zero attached hydrogens (tertiary/aromatic N) is 2. The minimum atomic E-state index is -0.349. The number of amides is 1. The van der Waals surface area contributed by atoms with Crippen LogP contribution in [0, 0.1) is 0 Å². The molecule has 3 aromatic rings. The second-order valence-corrected chi connectivity index (χ2v) is 7.87. The SMILES string of the molecule is O=C1/C(=C/C=C/c2ccccc2)SC(=S)N1c1cc(O)n(-c2ccccc2)c1O. The highest BCUT2D eigenvalue weighted by Gasteiger charge is 2.36. The van der Waals surface area contributed by atoms with Crippen molar-refractivity contribution >= 4 is 46.0 Å². The van der Waals surface area contributed by atoms with Crippen LogP contribution in [0.2, 0.25) is 0 Å². The van der Waals surface area contributed by atoms with Gasteiger partial charge in [-0.2, -0.15) is 0 Å². The number of carbonyl (C=O) groups excluding carboxylic acids is 1. The van der Waals surface area contributed by atoms with E-state index in [-0.39, 0.29) is 27.7 Å². The quantitative estimate of drug-likeness (QED) is 0.467. The van der Waals surface area contributed by atoms with Crippen LogP contribution < -0.4 is 4.90 Å². The van der Waals surface area contributed by atoms with Crippen molar-refractivity contribution in [2.24, 2.45) is 0 Å². The monoisotopic (exact) mass is 420 g/mol. The molecule has 2 heterocycles. The summed E-state index contributed by atoms with van der Waals surface area (Å²) < 4.78 is 1.54. The van der Waals surface area contributed by atoms with Gasteiger partial charge in [0.2, 0.25) is 11.8 Å². The van der Waals surface area contributed by atoms with E-state index in [9.17, 15) is 15.0 Å². The Kier molecular flexibility index (Phi) is 5.24. The molecule has 7 heteroatoms. The summed E-state index contributed by atoms with van der Waals surface area (Å²) in [5, 5.41) is 21.0. The molecule has 0 saturated carbocycles. The number of carbonyl (C=O) groups is 1. The Labute approximate surface area is 177 Å². The first kappa shape index (κ1) is 19.0. The van der Waals surface area contributed by atoms with Gasteiger partial charge in [0.25, 0.3) is 5.91 Å². The van der Waals surface area contributed by atoms with Gasteiger partial charge in [-0.3, -0.25) is 9.69 Å².